The fourth-order valence-corrected chi connectivity index (χ4v) is 1.95. The number of oxime groups is 1. The smallest absolute Gasteiger partial charge is 0.251 e. The molecular weight excluding hydrogens is 244 g/mol. The van der Waals surface area contributed by atoms with Gasteiger partial charge in [-0.25, -0.2) is 0 Å². The van der Waals surface area contributed by atoms with Crippen LogP contribution < -0.4 is 5.32 Å². The lowest BCUT2D eigenvalue weighted by Crippen LogP contribution is -2.31. The molecule has 1 aliphatic rings. The number of carbonyl (C=O) groups excluding carboxylic acids is 1. The molecule has 19 heavy (non-hydrogen) atoms. The van der Waals surface area contributed by atoms with Crippen molar-refractivity contribution in [2.24, 2.45) is 5.16 Å². The maximum absolute atomic E-state index is 11.9. The molecule has 1 aromatic carbocycles. The van der Waals surface area contributed by atoms with Crippen LogP contribution in [0.3, 0.4) is 0 Å². The molecule has 1 N–H and O–H groups in total. The Bertz CT molecular complexity index is 437. The number of nitrogens with one attached hydrogen (secondary N) is 1. The van der Waals surface area contributed by atoms with Crippen molar-refractivity contribution in [2.75, 3.05) is 20.3 Å². The SMILES string of the molecule is CO/N=C/c1ccc(C(=O)NCC2CCCO2)cc1. The molecule has 102 valence electrons. The van der Waals surface area contributed by atoms with Crippen LogP contribution in [0.5, 0.6) is 0 Å². The van der Waals surface area contributed by atoms with Crippen molar-refractivity contribution >= 4 is 12.1 Å². The third kappa shape index (κ3) is 4.06. The second-order valence-corrected chi connectivity index (χ2v) is 4.38. The van der Waals surface area contributed by atoms with E-state index in [9.17, 15) is 4.79 Å². The minimum Gasteiger partial charge on any atom is -0.399 e. The van der Waals surface area contributed by atoms with Crippen molar-refractivity contribution < 1.29 is 14.4 Å². The van der Waals surface area contributed by atoms with E-state index in [1.54, 1.807) is 18.3 Å². The Morgan fingerprint density at radius 3 is 2.95 bits per heavy atom. The first-order valence-electron chi connectivity index (χ1n) is 6.36. The van der Waals surface area contributed by atoms with E-state index in [1.165, 1.54) is 7.11 Å². The molecule has 1 heterocycles. The average Bonchev–Trinajstić information content (AvgIpc) is 2.96. The first kappa shape index (κ1) is 13.5. The summed E-state index contributed by atoms with van der Waals surface area (Å²) in [5.74, 6) is -0.0780. The minimum absolute atomic E-state index is 0.0780. The molecule has 1 saturated heterocycles. The molecule has 1 fully saturated rings. The van der Waals surface area contributed by atoms with Crippen molar-refractivity contribution in [1.29, 1.82) is 0 Å². The van der Waals surface area contributed by atoms with Crippen LogP contribution in [0.4, 0.5) is 0 Å². The van der Waals surface area contributed by atoms with Gasteiger partial charge in [0, 0.05) is 18.7 Å². The monoisotopic (exact) mass is 262 g/mol. The van der Waals surface area contributed by atoms with Gasteiger partial charge in [0.15, 0.2) is 0 Å². The second-order valence-electron chi connectivity index (χ2n) is 4.38. The van der Waals surface area contributed by atoms with Gasteiger partial charge < -0.3 is 14.9 Å². The van der Waals surface area contributed by atoms with Crippen LogP contribution in [-0.4, -0.2) is 38.5 Å². The highest BCUT2D eigenvalue weighted by Gasteiger charge is 2.16. The fourth-order valence-electron chi connectivity index (χ4n) is 1.95. The molecular formula is C14H18N2O3. The van der Waals surface area contributed by atoms with Gasteiger partial charge in [0.1, 0.15) is 7.11 Å². The van der Waals surface area contributed by atoms with E-state index in [1.807, 2.05) is 12.1 Å². The lowest BCUT2D eigenvalue weighted by atomic mass is 10.1. The Labute approximate surface area is 112 Å². The number of hydrogen-bond acceptors (Lipinski definition) is 4. The van der Waals surface area contributed by atoms with Crippen LogP contribution >= 0.6 is 0 Å². The molecule has 1 unspecified atom stereocenters. The Morgan fingerprint density at radius 1 is 1.53 bits per heavy atom. The van der Waals surface area contributed by atoms with Crippen LogP contribution in [-0.2, 0) is 9.57 Å². The number of carbonyl (C=O) groups is 1. The van der Waals surface area contributed by atoms with Crippen molar-refractivity contribution in [3.63, 3.8) is 0 Å². The Kier molecular flexibility index (Phi) is 4.92. The maximum atomic E-state index is 11.9. The van der Waals surface area contributed by atoms with Crippen LogP contribution in [0.25, 0.3) is 0 Å². The Hall–Kier alpha value is -1.88. The summed E-state index contributed by atoms with van der Waals surface area (Å²) >= 11 is 0. The molecule has 1 atom stereocenters. The number of ether oxygens (including phenoxy) is 1. The van der Waals surface area contributed by atoms with Crippen LogP contribution in [0.15, 0.2) is 29.4 Å². The number of benzene rings is 1. The number of hydrogen-bond donors (Lipinski definition) is 1. The Balaban J connectivity index is 1.86. The summed E-state index contributed by atoms with van der Waals surface area (Å²) in [6.45, 7) is 1.37. The topological polar surface area (TPSA) is 59.9 Å². The van der Waals surface area contributed by atoms with E-state index < -0.39 is 0 Å². The molecule has 0 spiro atoms. The molecule has 1 amide bonds. The van der Waals surface area contributed by atoms with Crippen molar-refractivity contribution in [3.8, 4) is 0 Å². The molecule has 5 nitrogen and oxygen atoms in total. The fraction of sp³-hybridized carbons (Fsp3) is 0.429. The van der Waals surface area contributed by atoms with E-state index in [0.29, 0.717) is 12.1 Å². The Morgan fingerprint density at radius 2 is 2.32 bits per heavy atom. The molecule has 1 aliphatic heterocycles. The lowest BCUT2D eigenvalue weighted by Gasteiger charge is -2.10. The van der Waals surface area contributed by atoms with Gasteiger partial charge in [0.2, 0.25) is 0 Å². The number of amides is 1. The van der Waals surface area contributed by atoms with Gasteiger partial charge in [-0.3, -0.25) is 4.79 Å². The van der Waals surface area contributed by atoms with Gasteiger partial charge in [-0.2, -0.15) is 0 Å². The summed E-state index contributed by atoms with van der Waals surface area (Å²) in [4.78, 5) is 16.5. The molecule has 0 aromatic heterocycles. The normalized spacial score (nSPS) is 18.7. The summed E-state index contributed by atoms with van der Waals surface area (Å²) in [5, 5.41) is 6.54. The van der Waals surface area contributed by atoms with Gasteiger partial charge >= 0.3 is 0 Å². The van der Waals surface area contributed by atoms with E-state index in [2.05, 4.69) is 15.3 Å². The molecule has 0 saturated carbocycles. The second kappa shape index (κ2) is 6.89. The van der Waals surface area contributed by atoms with Crippen molar-refractivity contribution in [2.45, 2.75) is 18.9 Å². The third-order valence-electron chi connectivity index (χ3n) is 2.99. The molecule has 0 radical (unpaired) electrons. The standard InChI is InChI=1S/C14H18N2O3/c1-18-16-9-11-4-6-12(7-5-11)14(17)15-10-13-3-2-8-19-13/h4-7,9,13H,2-3,8,10H2,1H3,(H,15,17)/b16-9+. The van der Waals surface area contributed by atoms with E-state index in [-0.39, 0.29) is 12.0 Å². The number of rotatable bonds is 5. The lowest BCUT2D eigenvalue weighted by molar-refractivity contribution is 0.0858. The van der Waals surface area contributed by atoms with E-state index in [4.69, 9.17) is 4.74 Å². The zero-order valence-electron chi connectivity index (χ0n) is 11.0. The average molecular weight is 262 g/mol. The van der Waals surface area contributed by atoms with Gasteiger partial charge in [0.05, 0.1) is 12.3 Å². The molecule has 1 aromatic rings. The quantitative estimate of drug-likeness (QED) is 0.647. The van der Waals surface area contributed by atoms with Gasteiger partial charge in [0.25, 0.3) is 5.91 Å². The molecule has 2 rings (SSSR count). The van der Waals surface area contributed by atoms with Gasteiger partial charge in [-0.05, 0) is 30.5 Å². The summed E-state index contributed by atoms with van der Waals surface area (Å²) in [6.07, 6.45) is 3.85. The zero-order valence-corrected chi connectivity index (χ0v) is 11.0. The van der Waals surface area contributed by atoms with Crippen LogP contribution in [0.2, 0.25) is 0 Å². The maximum Gasteiger partial charge on any atom is 0.251 e. The minimum atomic E-state index is -0.0780. The molecule has 5 heteroatoms. The molecule has 0 aliphatic carbocycles. The highest BCUT2D eigenvalue weighted by atomic mass is 16.6. The van der Waals surface area contributed by atoms with Gasteiger partial charge in [-0.1, -0.05) is 17.3 Å². The first-order chi connectivity index (χ1) is 9.29. The predicted molar refractivity (Wildman–Crippen MR) is 72.4 cm³/mol. The van der Waals surface area contributed by atoms with E-state index in [0.717, 1.165) is 25.0 Å². The summed E-state index contributed by atoms with van der Waals surface area (Å²) < 4.78 is 5.46. The van der Waals surface area contributed by atoms with Crippen LogP contribution in [0.1, 0.15) is 28.8 Å². The summed E-state index contributed by atoms with van der Waals surface area (Å²) in [6, 6.07) is 7.18. The van der Waals surface area contributed by atoms with Crippen LogP contribution in [0, 0.1) is 0 Å². The first-order valence-corrected chi connectivity index (χ1v) is 6.36. The summed E-state index contributed by atoms with van der Waals surface area (Å²) in [7, 11) is 1.49. The van der Waals surface area contributed by atoms with E-state index >= 15 is 0 Å². The van der Waals surface area contributed by atoms with Crippen molar-refractivity contribution in [1.82, 2.24) is 5.32 Å². The highest BCUT2D eigenvalue weighted by Crippen LogP contribution is 2.11. The van der Waals surface area contributed by atoms with Gasteiger partial charge in [-0.15, -0.1) is 0 Å². The van der Waals surface area contributed by atoms with Crippen molar-refractivity contribution in [3.05, 3.63) is 35.4 Å². The third-order valence-corrected chi connectivity index (χ3v) is 2.99. The zero-order chi connectivity index (χ0) is 13.5. The highest BCUT2D eigenvalue weighted by molar-refractivity contribution is 5.95. The summed E-state index contributed by atoms with van der Waals surface area (Å²) in [5.41, 5.74) is 1.52. The molecule has 0 bridgehead atoms. The largest absolute Gasteiger partial charge is 0.399 e. The predicted octanol–water partition coefficient (Wildman–Crippen LogP) is 1.58. The number of nitrogens with zero attached hydrogens (tertiary/aromatic N) is 1.